The van der Waals surface area contributed by atoms with Gasteiger partial charge >= 0.3 is 6.03 Å². The average Bonchev–Trinajstić information content (AvgIpc) is 2.74. The van der Waals surface area contributed by atoms with Crippen molar-refractivity contribution in [3.05, 3.63) is 35.1 Å². The number of rotatable bonds is 2. The van der Waals surface area contributed by atoms with Crippen LogP contribution in [0.25, 0.3) is 0 Å². The second-order valence-electron chi connectivity index (χ2n) is 6.20. The van der Waals surface area contributed by atoms with Crippen molar-refractivity contribution in [2.75, 3.05) is 26.2 Å². The van der Waals surface area contributed by atoms with Crippen LogP contribution in [0.5, 0.6) is 0 Å². The molecule has 0 unspecified atom stereocenters. The van der Waals surface area contributed by atoms with Gasteiger partial charge in [-0.1, -0.05) is 0 Å². The first kappa shape index (κ1) is 17.2. The van der Waals surface area contributed by atoms with Gasteiger partial charge in [0.2, 0.25) is 0 Å². The molecular formula is C17H24FN3O2. The summed E-state index contributed by atoms with van der Waals surface area (Å²) in [5, 5.41) is 2.87. The van der Waals surface area contributed by atoms with Gasteiger partial charge in [-0.15, -0.1) is 0 Å². The van der Waals surface area contributed by atoms with Gasteiger partial charge in [0.15, 0.2) is 0 Å². The van der Waals surface area contributed by atoms with Crippen LogP contribution in [-0.2, 0) is 0 Å². The lowest BCUT2D eigenvalue weighted by atomic mass is 10.1. The molecule has 1 aromatic carbocycles. The number of hydrogen-bond donors (Lipinski definition) is 1. The SMILES string of the molecule is Cc1cc(C(=O)N2CCCN(C(=O)NC(C)C)CC2)ccc1F. The van der Waals surface area contributed by atoms with Crippen LogP contribution in [-0.4, -0.2) is 54.0 Å². The summed E-state index contributed by atoms with van der Waals surface area (Å²) < 4.78 is 13.3. The Labute approximate surface area is 136 Å². The predicted molar refractivity (Wildman–Crippen MR) is 86.9 cm³/mol. The lowest BCUT2D eigenvalue weighted by molar-refractivity contribution is 0.0762. The molecule has 1 N–H and O–H groups in total. The molecule has 0 radical (unpaired) electrons. The number of carbonyl (C=O) groups excluding carboxylic acids is 2. The molecule has 1 aromatic rings. The number of amides is 3. The van der Waals surface area contributed by atoms with Gasteiger partial charge in [0.25, 0.3) is 5.91 Å². The van der Waals surface area contributed by atoms with Crippen LogP contribution in [0.3, 0.4) is 0 Å². The topological polar surface area (TPSA) is 52.7 Å². The van der Waals surface area contributed by atoms with Crippen molar-refractivity contribution in [3.63, 3.8) is 0 Å². The molecule has 0 saturated carbocycles. The van der Waals surface area contributed by atoms with Gasteiger partial charge in [0.1, 0.15) is 5.82 Å². The van der Waals surface area contributed by atoms with Crippen LogP contribution < -0.4 is 5.32 Å². The van der Waals surface area contributed by atoms with E-state index in [4.69, 9.17) is 0 Å². The maximum absolute atomic E-state index is 13.3. The van der Waals surface area contributed by atoms with Gasteiger partial charge < -0.3 is 15.1 Å². The zero-order valence-electron chi connectivity index (χ0n) is 13.9. The molecule has 1 heterocycles. The van der Waals surface area contributed by atoms with E-state index in [1.807, 2.05) is 13.8 Å². The highest BCUT2D eigenvalue weighted by molar-refractivity contribution is 5.94. The Morgan fingerprint density at radius 3 is 2.43 bits per heavy atom. The molecule has 0 spiro atoms. The van der Waals surface area contributed by atoms with Crippen molar-refractivity contribution in [3.8, 4) is 0 Å². The van der Waals surface area contributed by atoms with E-state index in [9.17, 15) is 14.0 Å². The van der Waals surface area contributed by atoms with Crippen molar-refractivity contribution in [1.82, 2.24) is 15.1 Å². The minimum atomic E-state index is -0.311. The summed E-state index contributed by atoms with van der Waals surface area (Å²) in [5.74, 6) is -0.423. The first-order chi connectivity index (χ1) is 10.9. The number of hydrogen-bond acceptors (Lipinski definition) is 2. The van der Waals surface area contributed by atoms with E-state index in [-0.39, 0.29) is 23.8 Å². The highest BCUT2D eigenvalue weighted by Crippen LogP contribution is 2.13. The maximum Gasteiger partial charge on any atom is 0.317 e. The summed E-state index contributed by atoms with van der Waals surface area (Å²) in [6.07, 6.45) is 0.734. The molecule has 2 rings (SSSR count). The second kappa shape index (κ2) is 7.44. The summed E-state index contributed by atoms with van der Waals surface area (Å²) in [6.45, 7) is 7.70. The zero-order chi connectivity index (χ0) is 17.0. The van der Waals surface area contributed by atoms with Crippen LogP contribution in [0.1, 0.15) is 36.2 Å². The van der Waals surface area contributed by atoms with Gasteiger partial charge in [-0.2, -0.15) is 0 Å². The molecule has 1 aliphatic rings. The molecule has 0 aromatic heterocycles. The highest BCUT2D eigenvalue weighted by Gasteiger charge is 2.23. The predicted octanol–water partition coefficient (Wildman–Crippen LogP) is 2.40. The molecule has 126 valence electrons. The Morgan fingerprint density at radius 2 is 1.78 bits per heavy atom. The molecule has 1 saturated heterocycles. The molecule has 0 aliphatic carbocycles. The second-order valence-corrected chi connectivity index (χ2v) is 6.20. The summed E-state index contributed by atoms with van der Waals surface area (Å²) >= 11 is 0. The molecule has 5 nitrogen and oxygen atoms in total. The fourth-order valence-corrected chi connectivity index (χ4v) is 2.62. The lowest BCUT2D eigenvalue weighted by Gasteiger charge is -2.23. The quantitative estimate of drug-likeness (QED) is 0.909. The summed E-state index contributed by atoms with van der Waals surface area (Å²) in [6, 6.07) is 4.41. The largest absolute Gasteiger partial charge is 0.337 e. The van der Waals surface area contributed by atoms with Crippen LogP contribution in [0.4, 0.5) is 9.18 Å². The van der Waals surface area contributed by atoms with E-state index < -0.39 is 0 Å². The number of nitrogens with one attached hydrogen (secondary N) is 1. The third-order valence-electron chi connectivity index (χ3n) is 3.89. The number of aryl methyl sites for hydroxylation is 1. The smallest absolute Gasteiger partial charge is 0.317 e. The fourth-order valence-electron chi connectivity index (χ4n) is 2.62. The lowest BCUT2D eigenvalue weighted by Crippen LogP contribution is -2.44. The standard InChI is InChI=1S/C17H24FN3O2/c1-12(2)19-17(23)21-8-4-7-20(9-10-21)16(22)14-5-6-15(18)13(3)11-14/h5-6,11-12H,4,7-10H2,1-3H3,(H,19,23). The molecule has 1 fully saturated rings. The Hall–Kier alpha value is -2.11. The molecule has 0 bridgehead atoms. The van der Waals surface area contributed by atoms with Crippen LogP contribution in [0.15, 0.2) is 18.2 Å². The highest BCUT2D eigenvalue weighted by atomic mass is 19.1. The van der Waals surface area contributed by atoms with Crippen molar-refractivity contribution >= 4 is 11.9 Å². The first-order valence-corrected chi connectivity index (χ1v) is 7.99. The molecular weight excluding hydrogens is 297 g/mol. The van der Waals surface area contributed by atoms with E-state index in [2.05, 4.69) is 5.32 Å². The summed E-state index contributed by atoms with van der Waals surface area (Å²) in [7, 11) is 0. The third kappa shape index (κ3) is 4.43. The van der Waals surface area contributed by atoms with E-state index >= 15 is 0 Å². The normalized spacial score (nSPS) is 15.5. The van der Waals surface area contributed by atoms with Gasteiger partial charge in [-0.3, -0.25) is 4.79 Å². The average molecular weight is 321 g/mol. The summed E-state index contributed by atoms with van der Waals surface area (Å²) in [5.41, 5.74) is 0.951. The molecule has 1 aliphatic heterocycles. The number of halogens is 1. The van der Waals surface area contributed by atoms with Crippen molar-refractivity contribution in [1.29, 1.82) is 0 Å². The van der Waals surface area contributed by atoms with Crippen LogP contribution >= 0.6 is 0 Å². The van der Waals surface area contributed by atoms with Crippen molar-refractivity contribution < 1.29 is 14.0 Å². The fraction of sp³-hybridized carbons (Fsp3) is 0.529. The zero-order valence-corrected chi connectivity index (χ0v) is 13.9. The van der Waals surface area contributed by atoms with E-state index in [0.29, 0.717) is 37.3 Å². The minimum Gasteiger partial charge on any atom is -0.337 e. The summed E-state index contributed by atoms with van der Waals surface area (Å²) in [4.78, 5) is 28.1. The minimum absolute atomic E-state index is 0.0886. The Bertz CT molecular complexity index is 589. The van der Waals surface area contributed by atoms with Crippen LogP contribution in [0.2, 0.25) is 0 Å². The number of benzene rings is 1. The van der Waals surface area contributed by atoms with Gasteiger partial charge in [-0.05, 0) is 51.0 Å². The first-order valence-electron chi connectivity index (χ1n) is 7.99. The Morgan fingerprint density at radius 1 is 1.13 bits per heavy atom. The van der Waals surface area contributed by atoms with E-state index in [1.54, 1.807) is 22.8 Å². The number of nitrogens with zero attached hydrogens (tertiary/aromatic N) is 2. The van der Waals surface area contributed by atoms with Gasteiger partial charge in [0.05, 0.1) is 0 Å². The number of carbonyl (C=O) groups is 2. The molecule has 3 amide bonds. The molecule has 23 heavy (non-hydrogen) atoms. The molecule has 6 heteroatoms. The van der Waals surface area contributed by atoms with Crippen LogP contribution in [0, 0.1) is 12.7 Å². The van der Waals surface area contributed by atoms with E-state index in [1.165, 1.54) is 12.1 Å². The monoisotopic (exact) mass is 321 g/mol. The van der Waals surface area contributed by atoms with Gasteiger partial charge in [-0.25, -0.2) is 9.18 Å². The maximum atomic E-state index is 13.3. The van der Waals surface area contributed by atoms with Crippen molar-refractivity contribution in [2.24, 2.45) is 0 Å². The van der Waals surface area contributed by atoms with E-state index in [0.717, 1.165) is 6.42 Å². The number of urea groups is 1. The molecule has 0 atom stereocenters. The Balaban J connectivity index is 2.00. The third-order valence-corrected chi connectivity index (χ3v) is 3.89. The van der Waals surface area contributed by atoms with Crippen molar-refractivity contribution in [2.45, 2.75) is 33.2 Å². The Kier molecular flexibility index (Phi) is 5.58. The van der Waals surface area contributed by atoms with Gasteiger partial charge in [0, 0.05) is 37.8 Å².